The maximum absolute atomic E-state index is 11.9. The number of hydrogen-bond donors (Lipinski definition) is 3. The molecule has 116 valence electrons. The summed E-state index contributed by atoms with van der Waals surface area (Å²) in [6.07, 6.45) is -0.143. The fourth-order valence-corrected chi connectivity index (χ4v) is 2.23. The number of methoxy groups -OCH3 is 1. The van der Waals surface area contributed by atoms with E-state index >= 15 is 0 Å². The summed E-state index contributed by atoms with van der Waals surface area (Å²) in [7, 11) is 1.60. The summed E-state index contributed by atoms with van der Waals surface area (Å²) >= 11 is 0. The maximum Gasteiger partial charge on any atom is 0.237 e. The van der Waals surface area contributed by atoms with E-state index in [1.807, 2.05) is 25.1 Å². The van der Waals surface area contributed by atoms with Gasteiger partial charge >= 0.3 is 0 Å². The van der Waals surface area contributed by atoms with Gasteiger partial charge in [-0.05, 0) is 25.5 Å². The van der Waals surface area contributed by atoms with E-state index in [4.69, 9.17) is 9.47 Å². The second kappa shape index (κ2) is 7.28. The van der Waals surface area contributed by atoms with Crippen LogP contribution in [0.3, 0.4) is 0 Å². The molecule has 21 heavy (non-hydrogen) atoms. The normalized spacial score (nSPS) is 22.6. The molecular weight excluding hydrogens is 272 g/mol. The average Bonchev–Trinajstić information content (AvgIpc) is 2.91. The van der Waals surface area contributed by atoms with Crippen molar-refractivity contribution in [2.24, 2.45) is 0 Å². The molecule has 1 aliphatic rings. The molecule has 1 saturated heterocycles. The quantitative estimate of drug-likeness (QED) is 0.703. The Labute approximate surface area is 124 Å². The average molecular weight is 294 g/mol. The van der Waals surface area contributed by atoms with Crippen LogP contribution in [-0.4, -0.2) is 49.5 Å². The summed E-state index contributed by atoms with van der Waals surface area (Å²) in [5, 5.41) is 15.2. The van der Waals surface area contributed by atoms with Gasteiger partial charge in [0.05, 0.1) is 25.8 Å². The fraction of sp³-hybridized carbons (Fsp3) is 0.533. The first-order chi connectivity index (χ1) is 10.1. The molecule has 1 aromatic rings. The summed E-state index contributed by atoms with van der Waals surface area (Å²) in [5.74, 6) is 1.33. The second-order valence-electron chi connectivity index (χ2n) is 5.20. The molecule has 3 N–H and O–H groups in total. The Bertz CT molecular complexity index is 480. The van der Waals surface area contributed by atoms with Crippen LogP contribution in [0.4, 0.5) is 0 Å². The molecule has 1 aliphatic heterocycles. The van der Waals surface area contributed by atoms with E-state index in [1.54, 1.807) is 13.2 Å². The number of rotatable bonds is 6. The number of hydrogen-bond acceptors (Lipinski definition) is 5. The first-order valence-corrected chi connectivity index (χ1v) is 7.08. The number of ether oxygens (including phenoxy) is 2. The van der Waals surface area contributed by atoms with Crippen LogP contribution in [0.25, 0.3) is 0 Å². The van der Waals surface area contributed by atoms with E-state index in [9.17, 15) is 9.90 Å². The van der Waals surface area contributed by atoms with Gasteiger partial charge in [-0.15, -0.1) is 0 Å². The summed E-state index contributed by atoms with van der Waals surface area (Å²) < 4.78 is 10.9. The van der Waals surface area contributed by atoms with Gasteiger partial charge in [-0.1, -0.05) is 6.07 Å². The Hall–Kier alpha value is -1.79. The first-order valence-electron chi connectivity index (χ1n) is 7.08. The molecule has 2 rings (SSSR count). The van der Waals surface area contributed by atoms with E-state index in [0.29, 0.717) is 25.3 Å². The summed E-state index contributed by atoms with van der Waals surface area (Å²) in [4.78, 5) is 11.9. The standard InChI is InChI=1S/C15H22N2O4/c1-10(21-13-5-3-4-12(7-13)20-2)8-17-15(19)14-6-11(18)9-16-14/h3-5,7,10-11,14,16,18H,6,8-9H2,1-2H3,(H,17,19)/t10-,11-,14-/m1/s1. The highest BCUT2D eigenvalue weighted by Crippen LogP contribution is 2.19. The molecule has 6 nitrogen and oxygen atoms in total. The highest BCUT2D eigenvalue weighted by atomic mass is 16.5. The number of carbonyl (C=O) groups is 1. The predicted octanol–water partition coefficient (Wildman–Crippen LogP) is 0.301. The minimum absolute atomic E-state index is 0.104. The lowest BCUT2D eigenvalue weighted by molar-refractivity contribution is -0.123. The number of aliphatic hydroxyl groups is 1. The van der Waals surface area contributed by atoms with Gasteiger partial charge in [0, 0.05) is 12.6 Å². The molecule has 0 spiro atoms. The van der Waals surface area contributed by atoms with Gasteiger partial charge in [0.15, 0.2) is 0 Å². The van der Waals surface area contributed by atoms with Gasteiger partial charge in [0.25, 0.3) is 0 Å². The molecule has 6 heteroatoms. The van der Waals surface area contributed by atoms with Crippen LogP contribution in [0, 0.1) is 0 Å². The van der Waals surface area contributed by atoms with E-state index < -0.39 is 6.10 Å². The van der Waals surface area contributed by atoms with E-state index in [1.165, 1.54) is 0 Å². The number of carbonyl (C=O) groups excluding carboxylic acids is 1. The van der Waals surface area contributed by atoms with Gasteiger partial charge in [-0.3, -0.25) is 4.79 Å². The van der Waals surface area contributed by atoms with Crippen molar-refractivity contribution < 1.29 is 19.4 Å². The van der Waals surface area contributed by atoms with Crippen LogP contribution in [0.5, 0.6) is 11.5 Å². The summed E-state index contributed by atoms with van der Waals surface area (Å²) in [6.45, 7) is 2.76. The molecule has 0 aliphatic carbocycles. The monoisotopic (exact) mass is 294 g/mol. The minimum atomic E-state index is -0.439. The van der Waals surface area contributed by atoms with Crippen molar-refractivity contribution in [2.45, 2.75) is 31.6 Å². The zero-order valence-electron chi connectivity index (χ0n) is 12.3. The van der Waals surface area contributed by atoms with Crippen LogP contribution < -0.4 is 20.1 Å². The number of amides is 1. The van der Waals surface area contributed by atoms with Crippen LogP contribution >= 0.6 is 0 Å². The topological polar surface area (TPSA) is 79.8 Å². The van der Waals surface area contributed by atoms with Crippen molar-refractivity contribution in [2.75, 3.05) is 20.2 Å². The third-order valence-corrected chi connectivity index (χ3v) is 3.37. The van der Waals surface area contributed by atoms with Crippen molar-refractivity contribution in [1.82, 2.24) is 10.6 Å². The SMILES string of the molecule is COc1cccc(O[C@H](C)CNC(=O)[C@H]2C[C@@H](O)CN2)c1. The third-order valence-electron chi connectivity index (χ3n) is 3.37. The van der Waals surface area contributed by atoms with E-state index in [-0.39, 0.29) is 18.1 Å². The number of nitrogens with one attached hydrogen (secondary N) is 2. The molecule has 1 aromatic carbocycles. The van der Waals surface area contributed by atoms with Gasteiger partial charge in [0.2, 0.25) is 5.91 Å². The maximum atomic E-state index is 11.9. The van der Waals surface area contributed by atoms with Crippen LogP contribution in [-0.2, 0) is 4.79 Å². The Morgan fingerprint density at radius 2 is 2.29 bits per heavy atom. The first kappa shape index (κ1) is 15.6. The number of β-amino-alcohol motifs (C(OH)–C–C–N with tert-alkyl or cyclic N) is 1. The molecule has 0 radical (unpaired) electrons. The Morgan fingerprint density at radius 3 is 2.95 bits per heavy atom. The molecule has 3 atom stereocenters. The Balaban J connectivity index is 1.76. The lowest BCUT2D eigenvalue weighted by Crippen LogP contribution is -2.43. The summed E-state index contributed by atoms with van der Waals surface area (Å²) in [6, 6.07) is 7.02. The fourth-order valence-electron chi connectivity index (χ4n) is 2.23. The molecule has 0 aromatic heterocycles. The minimum Gasteiger partial charge on any atom is -0.497 e. The summed E-state index contributed by atoms with van der Waals surface area (Å²) in [5.41, 5.74) is 0. The Morgan fingerprint density at radius 1 is 1.52 bits per heavy atom. The molecule has 0 bridgehead atoms. The zero-order valence-corrected chi connectivity index (χ0v) is 12.3. The van der Waals surface area contributed by atoms with Crippen molar-refractivity contribution >= 4 is 5.91 Å². The van der Waals surface area contributed by atoms with Crippen LogP contribution in [0.15, 0.2) is 24.3 Å². The molecule has 1 fully saturated rings. The smallest absolute Gasteiger partial charge is 0.237 e. The van der Waals surface area contributed by atoms with Crippen molar-refractivity contribution in [1.29, 1.82) is 0 Å². The zero-order chi connectivity index (χ0) is 15.2. The Kier molecular flexibility index (Phi) is 5.41. The second-order valence-corrected chi connectivity index (χ2v) is 5.20. The van der Waals surface area contributed by atoms with Gasteiger partial charge in [-0.2, -0.15) is 0 Å². The molecule has 1 heterocycles. The molecule has 0 saturated carbocycles. The number of aliphatic hydroxyl groups excluding tert-OH is 1. The van der Waals surface area contributed by atoms with Gasteiger partial charge in [-0.25, -0.2) is 0 Å². The highest BCUT2D eigenvalue weighted by molar-refractivity contribution is 5.82. The van der Waals surface area contributed by atoms with Crippen LogP contribution in [0.1, 0.15) is 13.3 Å². The van der Waals surface area contributed by atoms with Gasteiger partial charge < -0.3 is 25.2 Å². The van der Waals surface area contributed by atoms with Gasteiger partial charge in [0.1, 0.15) is 17.6 Å². The lowest BCUT2D eigenvalue weighted by Gasteiger charge is -2.17. The number of benzene rings is 1. The van der Waals surface area contributed by atoms with Crippen molar-refractivity contribution in [3.8, 4) is 11.5 Å². The van der Waals surface area contributed by atoms with Crippen molar-refractivity contribution in [3.63, 3.8) is 0 Å². The third kappa shape index (κ3) is 4.61. The van der Waals surface area contributed by atoms with E-state index in [2.05, 4.69) is 10.6 Å². The molecule has 1 amide bonds. The predicted molar refractivity (Wildman–Crippen MR) is 78.5 cm³/mol. The molecule has 0 unspecified atom stereocenters. The highest BCUT2D eigenvalue weighted by Gasteiger charge is 2.27. The largest absolute Gasteiger partial charge is 0.497 e. The van der Waals surface area contributed by atoms with Crippen molar-refractivity contribution in [3.05, 3.63) is 24.3 Å². The van der Waals surface area contributed by atoms with Crippen LogP contribution in [0.2, 0.25) is 0 Å². The lowest BCUT2D eigenvalue weighted by atomic mass is 10.2. The van der Waals surface area contributed by atoms with E-state index in [0.717, 1.165) is 5.75 Å². The molecular formula is C15H22N2O4.